The maximum Gasteiger partial charge on any atom is 0.247 e. The molecule has 9 nitrogen and oxygen atoms in total. The van der Waals surface area contributed by atoms with Crippen LogP contribution in [0.4, 0.5) is 21.5 Å². The zero-order chi connectivity index (χ0) is 28.3. The van der Waals surface area contributed by atoms with Crippen molar-refractivity contribution in [2.24, 2.45) is 5.41 Å². The standard InChI is InChI=1S/C30H25FN4O5/c1-3-27(36)35-24-17-23-22(16-26(24)39-2)25(12-15-32-23)40-21-10-8-20(9-11-21)34-29(38)30(13-14-30)28(37)33-19-6-4-18(31)5-7-19/h3-12,15-17H,1,13-14H2,2H3,(H,33,37)(H,34,38)(H,35,36). The second kappa shape index (κ2) is 10.9. The number of methoxy groups -OCH3 is 1. The summed E-state index contributed by atoms with van der Waals surface area (Å²) in [6.07, 6.45) is 3.59. The lowest BCUT2D eigenvalue weighted by Gasteiger charge is -2.16. The minimum Gasteiger partial charge on any atom is -0.495 e. The van der Waals surface area contributed by atoms with Gasteiger partial charge in [-0.15, -0.1) is 0 Å². The lowest BCUT2D eigenvalue weighted by atomic mass is 10.0. The lowest BCUT2D eigenvalue weighted by Crippen LogP contribution is -2.35. The van der Waals surface area contributed by atoms with Crippen LogP contribution in [-0.4, -0.2) is 29.8 Å². The van der Waals surface area contributed by atoms with Crippen LogP contribution in [0.2, 0.25) is 0 Å². The highest BCUT2D eigenvalue weighted by Gasteiger charge is 2.56. The van der Waals surface area contributed by atoms with E-state index in [-0.39, 0.29) is 5.91 Å². The number of hydrogen-bond donors (Lipinski definition) is 3. The number of halogens is 1. The molecule has 1 heterocycles. The third-order valence-corrected chi connectivity index (χ3v) is 6.53. The Morgan fingerprint density at radius 2 is 1.52 bits per heavy atom. The Morgan fingerprint density at radius 1 is 0.900 bits per heavy atom. The fourth-order valence-corrected chi connectivity index (χ4v) is 4.14. The van der Waals surface area contributed by atoms with Gasteiger partial charge in [0.05, 0.1) is 18.3 Å². The third kappa shape index (κ3) is 5.46. The molecular formula is C30H25FN4O5. The molecule has 1 aliphatic carbocycles. The number of hydrogen-bond acceptors (Lipinski definition) is 6. The minimum absolute atomic E-state index is 0.377. The molecule has 0 atom stereocenters. The number of carbonyl (C=O) groups excluding carboxylic acids is 3. The van der Waals surface area contributed by atoms with E-state index in [9.17, 15) is 18.8 Å². The smallest absolute Gasteiger partial charge is 0.247 e. The summed E-state index contributed by atoms with van der Waals surface area (Å²) in [7, 11) is 1.49. The molecule has 0 aliphatic heterocycles. The summed E-state index contributed by atoms with van der Waals surface area (Å²) < 4.78 is 24.7. The van der Waals surface area contributed by atoms with Gasteiger partial charge < -0.3 is 25.4 Å². The Kier molecular flexibility index (Phi) is 7.15. The molecule has 1 aromatic heterocycles. The van der Waals surface area contributed by atoms with Gasteiger partial charge in [0.25, 0.3) is 0 Å². The summed E-state index contributed by atoms with van der Waals surface area (Å²) in [5.41, 5.74) is 0.787. The van der Waals surface area contributed by atoms with E-state index < -0.39 is 23.0 Å². The number of carbonyl (C=O) groups is 3. The molecule has 40 heavy (non-hydrogen) atoms. The van der Waals surface area contributed by atoms with E-state index >= 15 is 0 Å². The molecule has 0 radical (unpaired) electrons. The summed E-state index contributed by atoms with van der Waals surface area (Å²) in [4.78, 5) is 41.9. The third-order valence-electron chi connectivity index (χ3n) is 6.53. The Labute approximate surface area is 229 Å². The number of aromatic nitrogens is 1. The number of rotatable bonds is 9. The maximum atomic E-state index is 13.1. The van der Waals surface area contributed by atoms with Gasteiger partial charge in [-0.1, -0.05) is 6.58 Å². The summed E-state index contributed by atoms with van der Waals surface area (Å²) >= 11 is 0. The van der Waals surface area contributed by atoms with E-state index in [4.69, 9.17) is 9.47 Å². The summed E-state index contributed by atoms with van der Waals surface area (Å²) in [6, 6.07) is 17.2. The first-order chi connectivity index (χ1) is 19.3. The highest BCUT2D eigenvalue weighted by molar-refractivity contribution is 6.17. The van der Waals surface area contributed by atoms with Gasteiger partial charge >= 0.3 is 0 Å². The van der Waals surface area contributed by atoms with Crippen LogP contribution in [0.25, 0.3) is 10.9 Å². The van der Waals surface area contributed by atoms with Crippen molar-refractivity contribution >= 4 is 45.7 Å². The van der Waals surface area contributed by atoms with E-state index in [1.807, 2.05) is 0 Å². The van der Waals surface area contributed by atoms with Crippen molar-refractivity contribution in [3.8, 4) is 17.2 Å². The second-order valence-electron chi connectivity index (χ2n) is 9.20. The van der Waals surface area contributed by atoms with Crippen molar-refractivity contribution in [3.05, 3.63) is 91.4 Å². The van der Waals surface area contributed by atoms with Crippen molar-refractivity contribution in [1.82, 2.24) is 4.98 Å². The molecule has 3 amide bonds. The van der Waals surface area contributed by atoms with Crippen LogP contribution < -0.4 is 25.4 Å². The van der Waals surface area contributed by atoms with Gasteiger partial charge in [-0.2, -0.15) is 0 Å². The van der Waals surface area contributed by atoms with Crippen LogP contribution in [0.5, 0.6) is 17.2 Å². The number of anilines is 3. The number of fused-ring (bicyclic) bond motifs is 1. The zero-order valence-electron chi connectivity index (χ0n) is 21.5. The van der Waals surface area contributed by atoms with Crippen LogP contribution >= 0.6 is 0 Å². The van der Waals surface area contributed by atoms with Gasteiger partial charge in [-0.25, -0.2) is 4.39 Å². The average Bonchev–Trinajstić information content (AvgIpc) is 3.77. The predicted molar refractivity (Wildman–Crippen MR) is 149 cm³/mol. The van der Waals surface area contributed by atoms with E-state index in [1.165, 1.54) is 31.4 Å². The summed E-state index contributed by atoms with van der Waals surface area (Å²) in [5.74, 6) is -0.185. The van der Waals surface area contributed by atoms with Crippen LogP contribution in [0.1, 0.15) is 12.8 Å². The van der Waals surface area contributed by atoms with Gasteiger partial charge in [0.1, 0.15) is 28.5 Å². The summed E-state index contributed by atoms with van der Waals surface area (Å²) in [6.45, 7) is 3.46. The quantitative estimate of drug-likeness (QED) is 0.186. The molecule has 4 aromatic rings. The maximum absolute atomic E-state index is 13.1. The van der Waals surface area contributed by atoms with Gasteiger partial charge in [0.2, 0.25) is 17.7 Å². The number of pyridine rings is 1. The Morgan fingerprint density at radius 3 is 2.10 bits per heavy atom. The predicted octanol–water partition coefficient (Wildman–Crippen LogP) is 5.66. The van der Waals surface area contributed by atoms with Gasteiger partial charge in [-0.05, 0) is 85.6 Å². The number of nitrogens with one attached hydrogen (secondary N) is 3. The first-order valence-corrected chi connectivity index (χ1v) is 12.4. The number of amides is 3. The normalized spacial score (nSPS) is 13.2. The number of benzene rings is 3. The Balaban J connectivity index is 1.28. The molecule has 0 bridgehead atoms. The van der Waals surface area contributed by atoms with E-state index in [1.54, 1.807) is 48.7 Å². The Hall–Kier alpha value is -5.25. The van der Waals surface area contributed by atoms with Crippen molar-refractivity contribution in [2.75, 3.05) is 23.1 Å². The largest absolute Gasteiger partial charge is 0.495 e. The molecule has 202 valence electrons. The second-order valence-corrected chi connectivity index (χ2v) is 9.20. The van der Waals surface area contributed by atoms with Crippen molar-refractivity contribution in [3.63, 3.8) is 0 Å². The first-order valence-electron chi connectivity index (χ1n) is 12.4. The molecule has 5 rings (SSSR count). The number of ether oxygens (including phenoxy) is 2. The van der Waals surface area contributed by atoms with Crippen LogP contribution in [0.3, 0.4) is 0 Å². The molecule has 1 saturated carbocycles. The van der Waals surface area contributed by atoms with Crippen LogP contribution in [0, 0.1) is 11.2 Å². The van der Waals surface area contributed by atoms with E-state index in [0.29, 0.717) is 58.1 Å². The number of nitrogens with zero attached hydrogens (tertiary/aromatic N) is 1. The Bertz CT molecular complexity index is 1620. The SMILES string of the molecule is C=CC(=O)Nc1cc2nccc(Oc3ccc(NC(=O)C4(C(=O)Nc5ccc(F)cc5)CC4)cc3)c2cc1OC. The topological polar surface area (TPSA) is 119 Å². The molecule has 1 fully saturated rings. The van der Waals surface area contributed by atoms with Crippen LogP contribution in [-0.2, 0) is 14.4 Å². The lowest BCUT2D eigenvalue weighted by molar-refractivity contribution is -0.131. The van der Waals surface area contributed by atoms with E-state index in [0.717, 1.165) is 6.08 Å². The highest BCUT2D eigenvalue weighted by atomic mass is 19.1. The van der Waals surface area contributed by atoms with Crippen molar-refractivity contribution < 1.29 is 28.2 Å². The molecule has 3 aromatic carbocycles. The minimum atomic E-state index is -1.16. The molecule has 0 unspecified atom stereocenters. The molecule has 1 aliphatic rings. The molecule has 0 spiro atoms. The van der Waals surface area contributed by atoms with Crippen LogP contribution in [0.15, 0.2) is 85.6 Å². The van der Waals surface area contributed by atoms with Gasteiger partial charge in [0, 0.05) is 23.0 Å². The van der Waals surface area contributed by atoms with Gasteiger partial charge in [-0.3, -0.25) is 19.4 Å². The average molecular weight is 541 g/mol. The molecule has 3 N–H and O–H groups in total. The molecular weight excluding hydrogens is 515 g/mol. The fraction of sp³-hybridized carbons (Fsp3) is 0.133. The molecule has 0 saturated heterocycles. The van der Waals surface area contributed by atoms with E-state index in [2.05, 4.69) is 27.5 Å². The van der Waals surface area contributed by atoms with Gasteiger partial charge in [0.15, 0.2) is 0 Å². The first kappa shape index (κ1) is 26.4. The van der Waals surface area contributed by atoms with Crippen molar-refractivity contribution in [1.29, 1.82) is 0 Å². The fourth-order valence-electron chi connectivity index (χ4n) is 4.14. The monoisotopic (exact) mass is 540 g/mol. The summed E-state index contributed by atoms with van der Waals surface area (Å²) in [5, 5.41) is 8.84. The molecule has 10 heteroatoms. The zero-order valence-corrected chi connectivity index (χ0v) is 21.5. The van der Waals surface area contributed by atoms with Crippen molar-refractivity contribution in [2.45, 2.75) is 12.8 Å². The highest BCUT2D eigenvalue weighted by Crippen LogP contribution is 2.47.